The van der Waals surface area contributed by atoms with Crippen LogP contribution in [0.2, 0.25) is 0 Å². The van der Waals surface area contributed by atoms with E-state index in [-0.39, 0.29) is 43.1 Å². The summed E-state index contributed by atoms with van der Waals surface area (Å²) in [6, 6.07) is 2.45. The number of aliphatic hydroxyl groups excluding tert-OH is 1. The number of esters is 2. The lowest BCUT2D eigenvalue weighted by atomic mass is 9.91. The maximum absolute atomic E-state index is 12.4. The summed E-state index contributed by atoms with van der Waals surface area (Å²) >= 11 is 0. The number of carbonyl (C=O) groups excluding carboxylic acids is 3. The fourth-order valence-corrected chi connectivity index (χ4v) is 4.11. The van der Waals surface area contributed by atoms with E-state index >= 15 is 0 Å². The SMILES string of the molecule is C=NC[C@@]1(c2ccc3c(NC(=O)C(C)C)ncnn23)O[C@H](COC(=O)[C@@H](N)C(C)C)[C@@H](OC(=O)CC)[C@H]1O. The van der Waals surface area contributed by atoms with E-state index in [1.165, 1.54) is 10.8 Å². The molecular formula is C25H36N6O7. The number of aliphatic hydroxyl groups is 1. The van der Waals surface area contributed by atoms with Gasteiger partial charge in [0.05, 0.1) is 12.2 Å². The number of rotatable bonds is 11. The minimum Gasteiger partial charge on any atom is -0.462 e. The van der Waals surface area contributed by atoms with Crippen LogP contribution in [0.4, 0.5) is 5.82 Å². The fourth-order valence-electron chi connectivity index (χ4n) is 4.11. The summed E-state index contributed by atoms with van der Waals surface area (Å²) in [7, 11) is 0. The van der Waals surface area contributed by atoms with Crippen molar-refractivity contribution >= 4 is 35.9 Å². The highest BCUT2D eigenvalue weighted by atomic mass is 16.6. The van der Waals surface area contributed by atoms with Crippen LogP contribution >= 0.6 is 0 Å². The number of aromatic nitrogens is 3. The van der Waals surface area contributed by atoms with E-state index in [4.69, 9.17) is 19.9 Å². The van der Waals surface area contributed by atoms with Gasteiger partial charge in [-0.05, 0) is 24.8 Å². The molecule has 4 N–H and O–H groups in total. The largest absolute Gasteiger partial charge is 0.462 e. The lowest BCUT2D eigenvalue weighted by molar-refractivity contribution is -0.161. The maximum Gasteiger partial charge on any atom is 0.323 e. The van der Waals surface area contributed by atoms with Gasteiger partial charge in [-0.15, -0.1) is 0 Å². The molecule has 5 atom stereocenters. The highest BCUT2D eigenvalue weighted by Crippen LogP contribution is 2.42. The number of nitrogens with two attached hydrogens (primary N) is 1. The third kappa shape index (κ3) is 5.69. The second kappa shape index (κ2) is 12.0. The maximum atomic E-state index is 12.4. The first-order chi connectivity index (χ1) is 18.0. The molecular weight excluding hydrogens is 496 g/mol. The Kier molecular flexibility index (Phi) is 9.18. The number of nitrogens with zero attached hydrogens (tertiary/aromatic N) is 4. The average Bonchev–Trinajstić information content (AvgIpc) is 3.43. The molecule has 0 saturated carbocycles. The fraction of sp³-hybridized carbons (Fsp3) is 0.600. The molecule has 1 amide bonds. The van der Waals surface area contributed by atoms with Crippen LogP contribution < -0.4 is 11.1 Å². The quantitative estimate of drug-likeness (QED) is 0.277. The molecule has 0 unspecified atom stereocenters. The number of nitrogens with one attached hydrogen (secondary N) is 1. The summed E-state index contributed by atoms with van der Waals surface area (Å²) in [5.41, 5.74) is 5.10. The molecule has 3 heterocycles. The Morgan fingerprint density at radius 3 is 2.63 bits per heavy atom. The molecule has 0 radical (unpaired) electrons. The molecule has 1 aliphatic heterocycles. The standard InChI is InChI=1S/C25H36N6O7/c1-7-18(32)37-20-16(10-36-24(35)19(26)13(2)3)38-25(11-27-6,21(20)33)17-9-8-15-22(28-12-29-31(15)17)30-23(34)14(4)5/h8-9,12-14,16,19-21,33H,6-7,10-11,26H2,1-5H3,(H,28,29,30,34)/t16-,19+,20-,21-,25+/m1/s1. The molecule has 2 aromatic heterocycles. The van der Waals surface area contributed by atoms with Gasteiger partial charge in [0.25, 0.3) is 0 Å². The van der Waals surface area contributed by atoms with E-state index in [2.05, 4.69) is 27.1 Å². The lowest BCUT2D eigenvalue weighted by Crippen LogP contribution is -2.46. The van der Waals surface area contributed by atoms with Crippen LogP contribution in [0.25, 0.3) is 5.52 Å². The van der Waals surface area contributed by atoms with Crippen molar-refractivity contribution in [2.45, 2.75) is 71.0 Å². The van der Waals surface area contributed by atoms with Crippen molar-refractivity contribution in [3.63, 3.8) is 0 Å². The van der Waals surface area contributed by atoms with Crippen LogP contribution in [-0.2, 0) is 34.2 Å². The van der Waals surface area contributed by atoms with Gasteiger partial charge in [0.1, 0.15) is 36.7 Å². The first kappa shape index (κ1) is 29.1. The van der Waals surface area contributed by atoms with Gasteiger partial charge in [-0.2, -0.15) is 5.10 Å². The van der Waals surface area contributed by atoms with E-state index < -0.39 is 41.9 Å². The van der Waals surface area contributed by atoms with Crippen LogP contribution in [0.1, 0.15) is 46.7 Å². The Bertz CT molecular complexity index is 1180. The zero-order valence-corrected chi connectivity index (χ0v) is 22.3. The minimum atomic E-state index is -1.59. The van der Waals surface area contributed by atoms with Gasteiger partial charge in [-0.25, -0.2) is 9.50 Å². The number of aliphatic imine (C=N–C) groups is 1. The van der Waals surface area contributed by atoms with E-state index in [9.17, 15) is 19.5 Å². The highest BCUT2D eigenvalue weighted by molar-refractivity contribution is 5.94. The van der Waals surface area contributed by atoms with Crippen LogP contribution in [0.3, 0.4) is 0 Å². The number of carbonyl (C=O) groups is 3. The van der Waals surface area contributed by atoms with Gasteiger partial charge in [0.2, 0.25) is 5.91 Å². The molecule has 1 aliphatic rings. The van der Waals surface area contributed by atoms with Gasteiger partial charge in [0.15, 0.2) is 17.5 Å². The summed E-state index contributed by atoms with van der Waals surface area (Å²) < 4.78 is 18.7. The monoisotopic (exact) mass is 532 g/mol. The Morgan fingerprint density at radius 2 is 2.03 bits per heavy atom. The summed E-state index contributed by atoms with van der Waals surface area (Å²) in [6.07, 6.45) is -2.37. The van der Waals surface area contributed by atoms with Crippen molar-refractivity contribution < 1.29 is 33.7 Å². The van der Waals surface area contributed by atoms with E-state index in [0.717, 1.165) is 0 Å². The lowest BCUT2D eigenvalue weighted by Gasteiger charge is -2.30. The predicted molar refractivity (Wildman–Crippen MR) is 137 cm³/mol. The molecule has 0 aliphatic carbocycles. The summed E-state index contributed by atoms with van der Waals surface area (Å²) in [5.74, 6) is -1.63. The van der Waals surface area contributed by atoms with E-state index in [0.29, 0.717) is 11.2 Å². The van der Waals surface area contributed by atoms with Gasteiger partial charge >= 0.3 is 11.9 Å². The number of amides is 1. The number of hydrogen-bond acceptors (Lipinski definition) is 11. The molecule has 1 saturated heterocycles. The van der Waals surface area contributed by atoms with Crippen LogP contribution in [0, 0.1) is 11.8 Å². The number of hydrogen-bond donors (Lipinski definition) is 3. The molecule has 13 heteroatoms. The number of anilines is 1. The Labute approximate surface area is 220 Å². The normalized spacial score (nSPS) is 24.0. The zero-order valence-electron chi connectivity index (χ0n) is 22.3. The molecule has 0 aromatic carbocycles. The van der Waals surface area contributed by atoms with Crippen molar-refractivity contribution in [3.8, 4) is 0 Å². The van der Waals surface area contributed by atoms with Crippen LogP contribution in [0.5, 0.6) is 0 Å². The Morgan fingerprint density at radius 1 is 1.32 bits per heavy atom. The van der Waals surface area contributed by atoms with Gasteiger partial charge < -0.3 is 30.4 Å². The van der Waals surface area contributed by atoms with Crippen molar-refractivity contribution in [3.05, 3.63) is 24.2 Å². The van der Waals surface area contributed by atoms with Crippen LogP contribution in [0.15, 0.2) is 23.5 Å². The second-order valence-electron chi connectivity index (χ2n) is 9.85. The Balaban J connectivity index is 2.03. The third-order valence-corrected chi connectivity index (χ3v) is 6.45. The first-order valence-electron chi connectivity index (χ1n) is 12.5. The van der Waals surface area contributed by atoms with Gasteiger partial charge in [-0.1, -0.05) is 34.6 Å². The number of ether oxygens (including phenoxy) is 3. The van der Waals surface area contributed by atoms with Crippen molar-refractivity contribution in [2.24, 2.45) is 22.6 Å². The topological polar surface area (TPSA) is 180 Å². The highest BCUT2D eigenvalue weighted by Gasteiger charge is 2.59. The molecule has 3 rings (SSSR count). The molecule has 38 heavy (non-hydrogen) atoms. The summed E-state index contributed by atoms with van der Waals surface area (Å²) in [4.78, 5) is 45.1. The number of fused-ring (bicyclic) bond motifs is 1. The molecule has 0 spiro atoms. The van der Waals surface area contributed by atoms with E-state index in [1.807, 2.05) is 0 Å². The minimum absolute atomic E-state index is 0.0564. The third-order valence-electron chi connectivity index (χ3n) is 6.45. The first-order valence-corrected chi connectivity index (χ1v) is 12.5. The molecule has 0 bridgehead atoms. The average molecular weight is 533 g/mol. The molecule has 208 valence electrons. The zero-order chi connectivity index (χ0) is 28.2. The second-order valence-corrected chi connectivity index (χ2v) is 9.85. The molecule has 1 fully saturated rings. The van der Waals surface area contributed by atoms with Crippen LogP contribution in [-0.4, -0.2) is 81.8 Å². The van der Waals surface area contributed by atoms with Gasteiger partial charge in [-0.3, -0.25) is 19.4 Å². The van der Waals surface area contributed by atoms with E-state index in [1.54, 1.807) is 46.8 Å². The molecule has 13 nitrogen and oxygen atoms in total. The Hall–Kier alpha value is -3.42. The summed E-state index contributed by atoms with van der Waals surface area (Å²) in [6.45, 7) is 11.8. The van der Waals surface area contributed by atoms with Crippen molar-refractivity contribution in [1.82, 2.24) is 14.6 Å². The summed E-state index contributed by atoms with van der Waals surface area (Å²) in [5, 5.41) is 18.6. The van der Waals surface area contributed by atoms with Gasteiger partial charge in [0, 0.05) is 12.3 Å². The van der Waals surface area contributed by atoms with Crippen molar-refractivity contribution in [1.29, 1.82) is 0 Å². The smallest absolute Gasteiger partial charge is 0.323 e. The molecule has 2 aromatic rings. The predicted octanol–water partition coefficient (Wildman–Crippen LogP) is 0.828. The van der Waals surface area contributed by atoms with Crippen molar-refractivity contribution in [2.75, 3.05) is 18.5 Å².